The smallest absolute Gasteiger partial charge is 0.406 e. The van der Waals surface area contributed by atoms with Crippen LogP contribution in [-0.2, 0) is 0 Å². The molecule has 1 amide bonds. The van der Waals surface area contributed by atoms with Gasteiger partial charge in [0.05, 0.1) is 11.3 Å². The Morgan fingerprint density at radius 2 is 1.87 bits per heavy atom. The van der Waals surface area contributed by atoms with Crippen molar-refractivity contribution in [1.82, 2.24) is 15.2 Å². The van der Waals surface area contributed by atoms with Crippen LogP contribution in [0.2, 0.25) is 0 Å². The molecule has 3 heterocycles. The van der Waals surface area contributed by atoms with E-state index < -0.39 is 12.3 Å². The van der Waals surface area contributed by atoms with Crippen LogP contribution in [0.5, 0.6) is 5.75 Å². The summed E-state index contributed by atoms with van der Waals surface area (Å²) in [6, 6.07) is 8.56. The van der Waals surface area contributed by atoms with E-state index in [2.05, 4.69) is 30.1 Å². The minimum absolute atomic E-state index is 0.314. The zero-order chi connectivity index (χ0) is 22.0. The Kier molecular flexibility index (Phi) is 5.53. The number of alkyl halides is 3. The molecule has 0 spiro atoms. The van der Waals surface area contributed by atoms with Crippen LogP contribution in [0.1, 0.15) is 28.9 Å². The van der Waals surface area contributed by atoms with Crippen molar-refractivity contribution in [3.8, 4) is 17.0 Å². The molecule has 1 saturated heterocycles. The number of ether oxygens (including phenoxy) is 1. The number of hydrogen-bond donors (Lipinski definition) is 2. The fraction of sp³-hybridized carbons (Fsp3) is 0.286. The Morgan fingerprint density at radius 1 is 1.16 bits per heavy atom. The Bertz CT molecular complexity index is 1070. The van der Waals surface area contributed by atoms with Crippen molar-refractivity contribution in [1.29, 1.82) is 0 Å². The van der Waals surface area contributed by atoms with Gasteiger partial charge in [-0.05, 0) is 56.2 Å². The predicted octanol–water partition coefficient (Wildman–Crippen LogP) is 4.53. The lowest BCUT2D eigenvalue weighted by molar-refractivity contribution is -0.274. The first-order valence-electron chi connectivity index (χ1n) is 9.73. The molecule has 10 heteroatoms. The number of carbonyl (C=O) groups is 1. The van der Waals surface area contributed by atoms with Crippen LogP contribution in [0.4, 0.5) is 24.7 Å². The molecule has 2 N–H and O–H groups in total. The second kappa shape index (κ2) is 8.29. The van der Waals surface area contributed by atoms with Crippen molar-refractivity contribution in [2.75, 3.05) is 23.3 Å². The second-order valence-corrected chi connectivity index (χ2v) is 7.25. The summed E-state index contributed by atoms with van der Waals surface area (Å²) in [7, 11) is 0. The molecule has 3 aromatic rings. The van der Waals surface area contributed by atoms with Gasteiger partial charge < -0.3 is 15.0 Å². The number of aromatic nitrogens is 3. The van der Waals surface area contributed by atoms with Crippen LogP contribution in [0, 0.1) is 6.92 Å². The van der Waals surface area contributed by atoms with Crippen molar-refractivity contribution in [3.05, 3.63) is 53.9 Å². The number of aromatic amines is 1. The molecule has 0 aliphatic carbocycles. The number of aryl methyl sites for hydroxylation is 1. The normalized spacial score (nSPS) is 14.0. The zero-order valence-corrected chi connectivity index (χ0v) is 16.7. The number of benzene rings is 1. The largest absolute Gasteiger partial charge is 0.573 e. The Morgan fingerprint density at radius 3 is 2.48 bits per heavy atom. The highest BCUT2D eigenvalue weighted by Gasteiger charge is 2.31. The summed E-state index contributed by atoms with van der Waals surface area (Å²) >= 11 is 0. The Labute approximate surface area is 176 Å². The molecule has 0 radical (unpaired) electrons. The Balaban J connectivity index is 1.57. The van der Waals surface area contributed by atoms with Crippen molar-refractivity contribution >= 4 is 17.4 Å². The topological polar surface area (TPSA) is 83.1 Å². The minimum Gasteiger partial charge on any atom is -0.406 e. The maximum Gasteiger partial charge on any atom is 0.573 e. The van der Waals surface area contributed by atoms with Crippen LogP contribution >= 0.6 is 0 Å². The fourth-order valence-corrected chi connectivity index (χ4v) is 3.45. The molecule has 0 bridgehead atoms. The molecular formula is C21H20F3N5O2. The standard InChI is InChI=1S/C21H20F3N5O2/c1-13-10-18(28-27-13)17-11-14(12-25-19(17)29-8-2-3-9-29)20(30)26-15-4-6-16(7-5-15)31-21(22,23)24/h4-7,10-12H,2-3,8-9H2,1H3,(H,26,30)(H,27,28). The lowest BCUT2D eigenvalue weighted by atomic mass is 10.1. The van der Waals surface area contributed by atoms with Crippen LogP contribution in [-0.4, -0.2) is 40.5 Å². The molecule has 31 heavy (non-hydrogen) atoms. The van der Waals surface area contributed by atoms with Gasteiger partial charge >= 0.3 is 6.36 Å². The van der Waals surface area contributed by atoms with Gasteiger partial charge in [0.15, 0.2) is 0 Å². The van der Waals surface area contributed by atoms with Crippen LogP contribution in [0.3, 0.4) is 0 Å². The first kappa shape index (κ1) is 20.7. The van der Waals surface area contributed by atoms with Gasteiger partial charge in [0.25, 0.3) is 5.91 Å². The van der Waals surface area contributed by atoms with E-state index in [1.807, 2.05) is 13.0 Å². The van der Waals surface area contributed by atoms with Crippen molar-refractivity contribution in [3.63, 3.8) is 0 Å². The van der Waals surface area contributed by atoms with Gasteiger partial charge in [0.2, 0.25) is 0 Å². The van der Waals surface area contributed by atoms with Gasteiger partial charge in [-0.25, -0.2) is 4.98 Å². The number of amides is 1. The molecule has 0 atom stereocenters. The SMILES string of the molecule is Cc1cc(-c2cc(C(=O)Nc3ccc(OC(F)(F)F)cc3)cnc2N2CCCC2)n[nH]1. The van der Waals surface area contributed by atoms with Crippen LogP contribution < -0.4 is 15.0 Å². The van der Waals surface area contributed by atoms with Gasteiger partial charge in [-0.3, -0.25) is 9.89 Å². The number of nitrogens with one attached hydrogen (secondary N) is 2. The summed E-state index contributed by atoms with van der Waals surface area (Å²) in [4.78, 5) is 19.4. The van der Waals surface area contributed by atoms with E-state index in [-0.39, 0.29) is 5.75 Å². The molecule has 4 rings (SSSR count). The monoisotopic (exact) mass is 431 g/mol. The summed E-state index contributed by atoms with van der Waals surface area (Å²) in [6.07, 6.45) is -1.12. The third-order valence-corrected chi connectivity index (χ3v) is 4.86. The predicted molar refractivity (Wildman–Crippen MR) is 109 cm³/mol. The molecule has 162 valence electrons. The van der Waals surface area contributed by atoms with E-state index in [1.54, 1.807) is 6.07 Å². The number of hydrogen-bond acceptors (Lipinski definition) is 5. The molecular weight excluding hydrogens is 411 g/mol. The van der Waals surface area contributed by atoms with Gasteiger partial charge in [-0.2, -0.15) is 5.10 Å². The van der Waals surface area contributed by atoms with Crippen LogP contribution in [0.25, 0.3) is 11.3 Å². The first-order valence-corrected chi connectivity index (χ1v) is 9.73. The average Bonchev–Trinajstić information content (AvgIpc) is 3.40. The molecule has 0 unspecified atom stereocenters. The van der Waals surface area contributed by atoms with Crippen molar-refractivity contribution < 1.29 is 22.7 Å². The number of halogens is 3. The number of pyridine rings is 1. The summed E-state index contributed by atoms with van der Waals surface area (Å²) in [5.41, 5.74) is 2.97. The number of anilines is 2. The highest BCUT2D eigenvalue weighted by Crippen LogP contribution is 2.31. The lowest BCUT2D eigenvalue weighted by Gasteiger charge is -2.20. The third-order valence-electron chi connectivity index (χ3n) is 4.86. The van der Waals surface area contributed by atoms with E-state index in [0.29, 0.717) is 16.9 Å². The van der Waals surface area contributed by atoms with Gasteiger partial charge in [-0.15, -0.1) is 13.2 Å². The highest BCUT2D eigenvalue weighted by atomic mass is 19.4. The van der Waals surface area contributed by atoms with E-state index in [1.165, 1.54) is 18.3 Å². The lowest BCUT2D eigenvalue weighted by Crippen LogP contribution is -2.21. The van der Waals surface area contributed by atoms with Crippen molar-refractivity contribution in [2.24, 2.45) is 0 Å². The minimum atomic E-state index is -4.77. The number of nitrogens with zero attached hydrogens (tertiary/aromatic N) is 3. The number of rotatable bonds is 5. The summed E-state index contributed by atoms with van der Waals surface area (Å²) in [5, 5.41) is 9.88. The van der Waals surface area contributed by atoms with E-state index in [4.69, 9.17) is 0 Å². The highest BCUT2D eigenvalue weighted by molar-refractivity contribution is 6.05. The fourth-order valence-electron chi connectivity index (χ4n) is 3.45. The average molecular weight is 431 g/mol. The van der Waals surface area contributed by atoms with Gasteiger partial charge in [0.1, 0.15) is 11.6 Å². The van der Waals surface area contributed by atoms with E-state index in [0.717, 1.165) is 55.1 Å². The van der Waals surface area contributed by atoms with Gasteiger partial charge in [0, 0.05) is 36.2 Å². The molecule has 1 aromatic carbocycles. The van der Waals surface area contributed by atoms with Crippen LogP contribution in [0.15, 0.2) is 42.6 Å². The molecule has 1 aliphatic rings. The van der Waals surface area contributed by atoms with E-state index in [9.17, 15) is 18.0 Å². The van der Waals surface area contributed by atoms with Gasteiger partial charge in [-0.1, -0.05) is 0 Å². The maximum atomic E-state index is 12.7. The number of carbonyl (C=O) groups excluding carboxylic acids is 1. The Hall–Kier alpha value is -3.56. The van der Waals surface area contributed by atoms with E-state index >= 15 is 0 Å². The second-order valence-electron chi connectivity index (χ2n) is 7.25. The first-order chi connectivity index (χ1) is 14.8. The zero-order valence-electron chi connectivity index (χ0n) is 16.7. The summed E-state index contributed by atoms with van der Waals surface area (Å²) < 4.78 is 40.7. The third kappa shape index (κ3) is 4.96. The molecule has 0 saturated carbocycles. The number of H-pyrrole nitrogens is 1. The quantitative estimate of drug-likeness (QED) is 0.620. The maximum absolute atomic E-state index is 12.7. The summed E-state index contributed by atoms with van der Waals surface area (Å²) in [5.74, 6) is -0.0222. The molecule has 2 aromatic heterocycles. The molecule has 1 fully saturated rings. The summed E-state index contributed by atoms with van der Waals surface area (Å²) in [6.45, 7) is 3.67. The molecule has 1 aliphatic heterocycles. The van der Waals surface area contributed by atoms with Crippen molar-refractivity contribution in [2.45, 2.75) is 26.1 Å². The molecule has 7 nitrogen and oxygen atoms in total.